The smallest absolute Gasteiger partial charge is 0.269 e. The van der Waals surface area contributed by atoms with Crippen LogP contribution in [0.2, 0.25) is 0 Å². The fourth-order valence-corrected chi connectivity index (χ4v) is 9.35. The number of pyridine rings is 1. The molecule has 0 aliphatic rings. The summed E-state index contributed by atoms with van der Waals surface area (Å²) in [4.78, 5) is 8.71. The van der Waals surface area contributed by atoms with Gasteiger partial charge in [0, 0.05) is 44.6 Å². The van der Waals surface area contributed by atoms with E-state index in [1.54, 1.807) is 6.07 Å². The number of fused-ring (bicyclic) bond motifs is 10. The summed E-state index contributed by atoms with van der Waals surface area (Å²) in [5.74, 6) is 1.90. The molecule has 0 aliphatic carbocycles. The van der Waals surface area contributed by atoms with Crippen LogP contribution in [0.3, 0.4) is 0 Å². The molecule has 0 saturated heterocycles. The summed E-state index contributed by atoms with van der Waals surface area (Å²) in [6.07, 6.45) is 5.54. The molecule has 8 heteroatoms. The summed E-state index contributed by atoms with van der Waals surface area (Å²) >= 11 is 0. The van der Waals surface area contributed by atoms with Crippen LogP contribution in [0.4, 0.5) is 5.69 Å². The number of para-hydroxylation sites is 4. The van der Waals surface area contributed by atoms with Gasteiger partial charge in [-0.15, -0.1) is 0 Å². The van der Waals surface area contributed by atoms with Crippen molar-refractivity contribution in [1.29, 1.82) is 5.26 Å². The monoisotopic (exact) mass is 797 g/mol. The lowest BCUT2D eigenvalue weighted by Crippen LogP contribution is -2.29. The molecular formula is C54H35N7O. The summed E-state index contributed by atoms with van der Waals surface area (Å²) in [5.41, 5.74) is 11.2. The molecule has 0 bridgehead atoms. The van der Waals surface area contributed by atoms with Gasteiger partial charge < -0.3 is 9.14 Å². The number of benzene rings is 7. The first-order valence-corrected chi connectivity index (χ1v) is 20.5. The molecule has 0 atom stereocenters. The molecule has 0 radical (unpaired) electrons. The van der Waals surface area contributed by atoms with E-state index < -0.39 is 0 Å². The third kappa shape index (κ3) is 5.24. The van der Waals surface area contributed by atoms with Crippen LogP contribution in [0.1, 0.15) is 31.9 Å². The van der Waals surface area contributed by atoms with Gasteiger partial charge in [-0.3, -0.25) is 13.7 Å². The second-order valence-corrected chi connectivity index (χ2v) is 16.9. The molecule has 7 aromatic carbocycles. The fraction of sp³-hybridized carbons (Fsp3) is 0.0741. The van der Waals surface area contributed by atoms with Crippen molar-refractivity contribution in [3.63, 3.8) is 0 Å². The van der Waals surface area contributed by atoms with Crippen molar-refractivity contribution < 1.29 is 9.30 Å². The molecule has 8 nitrogen and oxygen atoms in total. The normalized spacial score (nSPS) is 12.1. The van der Waals surface area contributed by atoms with E-state index in [2.05, 4.69) is 136 Å². The van der Waals surface area contributed by atoms with Crippen LogP contribution in [0.5, 0.6) is 11.5 Å². The molecular weight excluding hydrogens is 763 g/mol. The lowest BCUT2D eigenvalue weighted by molar-refractivity contribution is -0.572. The average molecular weight is 798 g/mol. The molecule has 0 amide bonds. The van der Waals surface area contributed by atoms with E-state index in [0.717, 1.165) is 55.6 Å². The molecule has 62 heavy (non-hydrogen) atoms. The fourth-order valence-electron chi connectivity index (χ4n) is 9.35. The van der Waals surface area contributed by atoms with Crippen molar-refractivity contribution in [2.75, 3.05) is 0 Å². The molecule has 0 aliphatic heterocycles. The molecule has 0 saturated carbocycles. The predicted molar refractivity (Wildman–Crippen MR) is 247 cm³/mol. The largest absolute Gasteiger partial charge is 0.459 e. The van der Waals surface area contributed by atoms with Gasteiger partial charge in [-0.25, -0.2) is 9.83 Å². The summed E-state index contributed by atoms with van der Waals surface area (Å²) in [5, 5.41) is 16.5. The second-order valence-electron chi connectivity index (χ2n) is 16.9. The number of nitriles is 1. The maximum Gasteiger partial charge on any atom is 0.269 e. The molecule has 0 spiro atoms. The standard InChI is InChI=1S/C54H35N7O/c1-54(2,3)34-21-22-57-52(24-34)60-48-20-17-33(31-55)23-43(48)42-19-18-38(30-51(42)60)62-39-26-35(56-4)25-36(27-39)58-32-59(50-16-10-9-15-49(50)58)37-28-44-40-11-5-7-13-46(40)61-47-14-8-6-12-41(47)45(29-37)53(44)61/h5-30H,1-3H3. The number of hydrogen-bond acceptors (Lipinski definition) is 3. The van der Waals surface area contributed by atoms with Crippen LogP contribution in [-0.2, 0) is 5.41 Å². The van der Waals surface area contributed by atoms with Crippen molar-refractivity contribution >= 4 is 76.6 Å². The SMILES string of the molecule is [C-]#[N+]c1cc(Oc2ccc3c4cc(C#N)ccc4n(-c4cc(C(C)(C)C)ccn4)c3c2)cc(-n2[c-][n+](-c3cc4c5ccccc5n5c6ccccc6c(c3)c45)c3ccccc32)c1. The molecule has 0 N–H and O–H groups in total. The Kier molecular flexibility index (Phi) is 7.45. The zero-order valence-corrected chi connectivity index (χ0v) is 34.0. The lowest BCUT2D eigenvalue weighted by Gasteiger charge is -2.20. The Bertz CT molecular complexity index is 3840. The van der Waals surface area contributed by atoms with Gasteiger partial charge in [0.25, 0.3) is 6.33 Å². The van der Waals surface area contributed by atoms with Gasteiger partial charge in [-0.2, -0.15) is 5.26 Å². The Labute approximate surface area is 356 Å². The summed E-state index contributed by atoms with van der Waals surface area (Å²) in [6.45, 7) is 14.7. The highest BCUT2D eigenvalue weighted by Gasteiger charge is 2.22. The first-order valence-electron chi connectivity index (χ1n) is 20.5. The van der Waals surface area contributed by atoms with Crippen molar-refractivity contribution in [2.45, 2.75) is 26.2 Å². The molecule has 12 aromatic rings. The van der Waals surface area contributed by atoms with Crippen LogP contribution in [0.25, 0.3) is 93.0 Å². The minimum absolute atomic E-state index is 0.0793. The van der Waals surface area contributed by atoms with Gasteiger partial charge in [0.15, 0.2) is 5.69 Å². The lowest BCUT2D eigenvalue weighted by atomic mass is 9.88. The number of nitrogens with zero attached hydrogens (tertiary/aromatic N) is 7. The van der Waals surface area contributed by atoms with E-state index in [9.17, 15) is 5.26 Å². The topological polar surface area (TPSA) is 68.4 Å². The minimum atomic E-state index is -0.0793. The van der Waals surface area contributed by atoms with Crippen molar-refractivity contribution in [2.24, 2.45) is 0 Å². The summed E-state index contributed by atoms with van der Waals surface area (Å²) < 4.78 is 15.3. The van der Waals surface area contributed by atoms with Gasteiger partial charge in [-0.1, -0.05) is 81.4 Å². The van der Waals surface area contributed by atoms with E-state index in [1.165, 1.54) is 38.1 Å². The quantitative estimate of drug-likeness (QED) is 0.129. The number of ether oxygens (including phenoxy) is 1. The Morgan fingerprint density at radius 3 is 2.10 bits per heavy atom. The third-order valence-corrected chi connectivity index (χ3v) is 12.2. The first-order chi connectivity index (χ1) is 30.2. The Morgan fingerprint density at radius 2 is 1.37 bits per heavy atom. The maximum absolute atomic E-state index is 9.80. The number of imidazole rings is 1. The molecule has 0 fully saturated rings. The molecule has 12 rings (SSSR count). The van der Waals surface area contributed by atoms with Gasteiger partial charge in [0.1, 0.15) is 17.3 Å². The van der Waals surface area contributed by atoms with Crippen molar-refractivity contribution in [1.82, 2.24) is 18.5 Å². The number of rotatable bonds is 5. The van der Waals surface area contributed by atoms with E-state index in [1.807, 2.05) is 71.4 Å². The zero-order chi connectivity index (χ0) is 41.9. The highest BCUT2D eigenvalue weighted by Crippen LogP contribution is 2.41. The average Bonchev–Trinajstić information content (AvgIpc) is 4.04. The van der Waals surface area contributed by atoms with Crippen molar-refractivity contribution in [3.8, 4) is 34.8 Å². The van der Waals surface area contributed by atoms with Gasteiger partial charge >= 0.3 is 0 Å². The van der Waals surface area contributed by atoms with Gasteiger partial charge in [-0.05, 0) is 95.9 Å². The highest BCUT2D eigenvalue weighted by molar-refractivity contribution is 6.23. The highest BCUT2D eigenvalue weighted by atomic mass is 16.5. The Balaban J connectivity index is 1.00. The van der Waals surface area contributed by atoms with Crippen LogP contribution in [0, 0.1) is 24.2 Å². The van der Waals surface area contributed by atoms with Crippen LogP contribution < -0.4 is 9.30 Å². The molecule has 292 valence electrons. The minimum Gasteiger partial charge on any atom is -0.459 e. The van der Waals surface area contributed by atoms with Crippen LogP contribution >= 0.6 is 0 Å². The first kappa shape index (κ1) is 35.5. The summed E-state index contributed by atoms with van der Waals surface area (Å²) in [6, 6.07) is 53.9. The van der Waals surface area contributed by atoms with Crippen LogP contribution in [-0.4, -0.2) is 18.5 Å². The molecule has 5 aromatic heterocycles. The second kappa shape index (κ2) is 13.0. The van der Waals surface area contributed by atoms with Gasteiger partial charge in [0.2, 0.25) is 0 Å². The number of hydrogen-bond donors (Lipinski definition) is 0. The van der Waals surface area contributed by atoms with E-state index in [0.29, 0.717) is 22.7 Å². The molecule has 5 heterocycles. The van der Waals surface area contributed by atoms with Gasteiger partial charge in [0.05, 0.1) is 68.2 Å². The third-order valence-electron chi connectivity index (χ3n) is 12.2. The zero-order valence-electron chi connectivity index (χ0n) is 34.0. The molecule has 0 unspecified atom stereocenters. The van der Waals surface area contributed by atoms with E-state index in [4.69, 9.17) is 16.3 Å². The van der Waals surface area contributed by atoms with Crippen LogP contribution in [0.15, 0.2) is 158 Å². The maximum atomic E-state index is 9.80. The Morgan fingerprint density at radius 1 is 0.661 bits per heavy atom. The summed E-state index contributed by atoms with van der Waals surface area (Å²) in [7, 11) is 0. The predicted octanol–water partition coefficient (Wildman–Crippen LogP) is 12.9. The number of aromatic nitrogens is 5. The van der Waals surface area contributed by atoms with E-state index in [-0.39, 0.29) is 5.41 Å². The van der Waals surface area contributed by atoms with E-state index >= 15 is 0 Å². The van der Waals surface area contributed by atoms with Crippen molar-refractivity contribution in [3.05, 3.63) is 187 Å². The Hall–Kier alpha value is -8.46.